The fourth-order valence-electron chi connectivity index (χ4n) is 1.07. The highest BCUT2D eigenvalue weighted by Gasteiger charge is 1.96. The van der Waals surface area contributed by atoms with E-state index in [-0.39, 0.29) is 0 Å². The van der Waals surface area contributed by atoms with Crippen molar-refractivity contribution in [3.63, 3.8) is 0 Å². The summed E-state index contributed by atoms with van der Waals surface area (Å²) in [5.41, 5.74) is 0. The first-order valence-electron chi connectivity index (χ1n) is 4.91. The van der Waals surface area contributed by atoms with Crippen molar-refractivity contribution in [1.82, 2.24) is 20.4 Å². The van der Waals surface area contributed by atoms with Crippen LogP contribution in [-0.2, 0) is 11.3 Å². The number of ether oxygens (including phenoxy) is 1. The molecular formula is C9H15BrN4OS. The van der Waals surface area contributed by atoms with Crippen LogP contribution in [0.15, 0.2) is 16.9 Å². The SMILES string of the molecule is COCCNC(=S)NCCn1cc(Br)cn1. The minimum Gasteiger partial charge on any atom is -0.383 e. The van der Waals surface area contributed by atoms with Crippen LogP contribution in [0, 0.1) is 0 Å². The zero-order valence-corrected chi connectivity index (χ0v) is 11.5. The van der Waals surface area contributed by atoms with E-state index in [2.05, 4.69) is 31.7 Å². The van der Waals surface area contributed by atoms with E-state index in [1.165, 1.54) is 0 Å². The molecule has 1 aromatic heterocycles. The molecule has 2 N–H and O–H groups in total. The Morgan fingerprint density at radius 3 is 2.94 bits per heavy atom. The Kier molecular flexibility index (Phi) is 6.36. The van der Waals surface area contributed by atoms with Gasteiger partial charge in [0.25, 0.3) is 0 Å². The van der Waals surface area contributed by atoms with E-state index >= 15 is 0 Å². The van der Waals surface area contributed by atoms with E-state index in [4.69, 9.17) is 17.0 Å². The second-order valence-corrected chi connectivity index (χ2v) is 4.42. The van der Waals surface area contributed by atoms with Gasteiger partial charge in [0.2, 0.25) is 0 Å². The lowest BCUT2D eigenvalue weighted by atomic mass is 10.6. The molecule has 0 unspecified atom stereocenters. The van der Waals surface area contributed by atoms with Gasteiger partial charge >= 0.3 is 0 Å². The third kappa shape index (κ3) is 5.43. The number of nitrogens with zero attached hydrogens (tertiary/aromatic N) is 2. The molecule has 1 rings (SSSR count). The Balaban J connectivity index is 2.08. The summed E-state index contributed by atoms with van der Waals surface area (Å²) < 4.78 is 7.72. The molecule has 0 saturated carbocycles. The van der Waals surface area contributed by atoms with Crippen LogP contribution >= 0.6 is 28.1 Å². The van der Waals surface area contributed by atoms with Gasteiger partial charge in [-0.1, -0.05) is 0 Å². The summed E-state index contributed by atoms with van der Waals surface area (Å²) >= 11 is 8.41. The van der Waals surface area contributed by atoms with Crippen molar-refractivity contribution < 1.29 is 4.74 Å². The summed E-state index contributed by atoms with van der Waals surface area (Å²) in [4.78, 5) is 0. The smallest absolute Gasteiger partial charge is 0.166 e. The Labute approximate surface area is 109 Å². The van der Waals surface area contributed by atoms with Crippen LogP contribution in [0.2, 0.25) is 0 Å². The maximum absolute atomic E-state index is 5.07. The molecule has 0 amide bonds. The monoisotopic (exact) mass is 306 g/mol. The van der Waals surface area contributed by atoms with Gasteiger partial charge in [-0.25, -0.2) is 0 Å². The van der Waals surface area contributed by atoms with Gasteiger partial charge in [0.15, 0.2) is 5.11 Å². The molecule has 16 heavy (non-hydrogen) atoms. The number of aromatic nitrogens is 2. The van der Waals surface area contributed by atoms with Gasteiger partial charge in [-0.05, 0) is 28.1 Å². The van der Waals surface area contributed by atoms with Crippen molar-refractivity contribution in [2.45, 2.75) is 6.54 Å². The molecule has 1 heterocycles. The van der Waals surface area contributed by atoms with E-state index in [0.29, 0.717) is 11.7 Å². The molecule has 1 aromatic rings. The molecule has 0 spiro atoms. The molecule has 0 aliphatic heterocycles. The predicted molar refractivity (Wildman–Crippen MR) is 70.4 cm³/mol. The summed E-state index contributed by atoms with van der Waals surface area (Å²) in [7, 11) is 1.66. The van der Waals surface area contributed by atoms with Gasteiger partial charge in [0.1, 0.15) is 0 Å². The van der Waals surface area contributed by atoms with Gasteiger partial charge in [-0.3, -0.25) is 4.68 Å². The van der Waals surface area contributed by atoms with E-state index < -0.39 is 0 Å². The number of halogens is 1. The summed E-state index contributed by atoms with van der Waals surface area (Å²) in [6.45, 7) is 2.88. The van der Waals surface area contributed by atoms with Crippen molar-refractivity contribution in [3.8, 4) is 0 Å². The first kappa shape index (κ1) is 13.4. The molecule has 5 nitrogen and oxygen atoms in total. The molecule has 0 atom stereocenters. The van der Waals surface area contributed by atoms with Crippen molar-refractivity contribution in [2.75, 3.05) is 26.8 Å². The second kappa shape index (κ2) is 7.59. The van der Waals surface area contributed by atoms with E-state index in [1.54, 1.807) is 13.3 Å². The molecule has 0 aliphatic carbocycles. The summed E-state index contributed by atoms with van der Waals surface area (Å²) in [5.74, 6) is 0. The average Bonchev–Trinajstić information content (AvgIpc) is 2.65. The fraction of sp³-hybridized carbons (Fsp3) is 0.556. The number of rotatable bonds is 6. The van der Waals surface area contributed by atoms with Crippen LogP contribution in [0.5, 0.6) is 0 Å². The van der Waals surface area contributed by atoms with Gasteiger partial charge < -0.3 is 15.4 Å². The highest BCUT2D eigenvalue weighted by Crippen LogP contribution is 2.05. The maximum Gasteiger partial charge on any atom is 0.166 e. The normalized spacial score (nSPS) is 10.1. The Morgan fingerprint density at radius 2 is 2.31 bits per heavy atom. The summed E-state index contributed by atoms with van der Waals surface area (Å²) in [6.07, 6.45) is 3.68. The third-order valence-electron chi connectivity index (χ3n) is 1.82. The molecule has 7 heteroatoms. The Hall–Kier alpha value is -0.660. The van der Waals surface area contributed by atoms with Crippen molar-refractivity contribution in [1.29, 1.82) is 0 Å². The maximum atomic E-state index is 5.07. The fourth-order valence-corrected chi connectivity index (χ4v) is 1.61. The zero-order valence-electron chi connectivity index (χ0n) is 9.07. The number of hydrogen-bond donors (Lipinski definition) is 2. The quantitative estimate of drug-likeness (QED) is 0.600. The van der Waals surface area contributed by atoms with Gasteiger partial charge in [-0.15, -0.1) is 0 Å². The molecule has 0 aliphatic rings. The standard InChI is InChI=1S/C9H15BrN4OS/c1-15-5-3-12-9(16)11-2-4-14-7-8(10)6-13-14/h6-7H,2-5H2,1H3,(H2,11,12,16). The largest absolute Gasteiger partial charge is 0.383 e. The molecule has 0 aromatic carbocycles. The van der Waals surface area contributed by atoms with Crippen LogP contribution in [0.1, 0.15) is 0 Å². The van der Waals surface area contributed by atoms with Crippen LogP contribution in [-0.4, -0.2) is 41.7 Å². The molecule has 0 radical (unpaired) electrons. The van der Waals surface area contributed by atoms with Crippen LogP contribution in [0.25, 0.3) is 0 Å². The lowest BCUT2D eigenvalue weighted by Gasteiger charge is -2.09. The zero-order chi connectivity index (χ0) is 11.8. The number of thiocarbonyl (C=S) groups is 1. The van der Waals surface area contributed by atoms with Crippen LogP contribution < -0.4 is 10.6 Å². The van der Waals surface area contributed by atoms with Crippen molar-refractivity contribution in [2.24, 2.45) is 0 Å². The second-order valence-electron chi connectivity index (χ2n) is 3.10. The highest BCUT2D eigenvalue weighted by molar-refractivity contribution is 9.10. The number of methoxy groups -OCH3 is 1. The minimum absolute atomic E-state index is 0.642. The average molecular weight is 307 g/mol. The molecule has 90 valence electrons. The molecule has 0 fully saturated rings. The molecule has 0 bridgehead atoms. The van der Waals surface area contributed by atoms with Gasteiger partial charge in [0.05, 0.1) is 23.8 Å². The number of nitrogens with one attached hydrogen (secondary N) is 2. The van der Waals surface area contributed by atoms with E-state index in [1.807, 2.05) is 10.9 Å². The first-order chi connectivity index (χ1) is 7.72. The Morgan fingerprint density at radius 1 is 1.56 bits per heavy atom. The molecule has 0 saturated heterocycles. The first-order valence-corrected chi connectivity index (χ1v) is 6.11. The number of hydrogen-bond acceptors (Lipinski definition) is 3. The predicted octanol–water partition coefficient (Wildman–Crippen LogP) is 0.756. The summed E-state index contributed by atoms with van der Waals surface area (Å²) in [6, 6.07) is 0. The van der Waals surface area contributed by atoms with Crippen molar-refractivity contribution in [3.05, 3.63) is 16.9 Å². The Bertz CT molecular complexity index is 331. The van der Waals surface area contributed by atoms with Gasteiger partial charge in [-0.2, -0.15) is 5.10 Å². The topological polar surface area (TPSA) is 51.1 Å². The van der Waals surface area contributed by atoms with Crippen LogP contribution in [0.4, 0.5) is 0 Å². The van der Waals surface area contributed by atoms with Crippen molar-refractivity contribution >= 4 is 33.3 Å². The minimum atomic E-state index is 0.642. The lowest BCUT2D eigenvalue weighted by molar-refractivity contribution is 0.204. The van der Waals surface area contributed by atoms with Crippen LogP contribution in [0.3, 0.4) is 0 Å². The van der Waals surface area contributed by atoms with E-state index in [9.17, 15) is 0 Å². The lowest BCUT2D eigenvalue weighted by Crippen LogP contribution is -2.38. The summed E-state index contributed by atoms with van der Waals surface area (Å²) in [5, 5.41) is 10.9. The third-order valence-corrected chi connectivity index (χ3v) is 2.52. The molecular weight excluding hydrogens is 292 g/mol. The van der Waals surface area contributed by atoms with Gasteiger partial charge in [0, 0.05) is 26.4 Å². The highest BCUT2D eigenvalue weighted by atomic mass is 79.9. The van der Waals surface area contributed by atoms with E-state index in [0.717, 1.165) is 24.1 Å².